The van der Waals surface area contributed by atoms with E-state index in [-0.39, 0.29) is 0 Å². The molecule has 26 heavy (non-hydrogen) atoms. The van der Waals surface area contributed by atoms with Crippen molar-refractivity contribution < 1.29 is 0 Å². The zero-order valence-electron chi connectivity index (χ0n) is 15.5. The lowest BCUT2D eigenvalue weighted by molar-refractivity contribution is 0.866. The van der Waals surface area contributed by atoms with Crippen LogP contribution in [-0.4, -0.2) is 23.1 Å². The number of hydrogen-bond donors (Lipinski definition) is 2. The van der Waals surface area contributed by atoms with Crippen molar-refractivity contribution in [1.29, 1.82) is 0 Å². The topological polar surface area (TPSA) is 53.1 Å². The molecule has 2 N–H and O–H groups in total. The van der Waals surface area contributed by atoms with Crippen LogP contribution in [-0.2, 0) is 0 Å². The molecule has 3 aromatic rings. The molecule has 0 atom stereocenters. The summed E-state index contributed by atoms with van der Waals surface area (Å²) in [4.78, 5) is 11.2. The molecule has 1 aromatic heterocycles. The zero-order chi connectivity index (χ0) is 18.4. The lowest BCUT2D eigenvalue weighted by Gasteiger charge is -2.21. The minimum absolute atomic E-state index is 0.568. The maximum absolute atomic E-state index is 4.54. The van der Waals surface area contributed by atoms with E-state index in [0.717, 1.165) is 30.3 Å². The Bertz CT molecular complexity index is 841. The Morgan fingerprint density at radius 1 is 0.885 bits per heavy atom. The molecule has 5 heteroatoms. The second kappa shape index (κ2) is 8.34. The van der Waals surface area contributed by atoms with Gasteiger partial charge in [-0.1, -0.05) is 12.1 Å². The molecule has 0 saturated carbocycles. The largest absolute Gasteiger partial charge is 0.372 e. The smallest absolute Gasteiger partial charge is 0.229 e. The highest BCUT2D eigenvalue weighted by atomic mass is 15.1. The SMILES string of the molecule is CCN(CC)c1ccc(Nc2nccc(Nc3cccc(C)c3)n2)cc1. The Morgan fingerprint density at radius 3 is 2.35 bits per heavy atom. The number of nitrogens with zero attached hydrogens (tertiary/aromatic N) is 3. The molecule has 0 radical (unpaired) electrons. The van der Waals surface area contributed by atoms with Gasteiger partial charge in [0, 0.05) is 36.3 Å². The molecule has 0 bridgehead atoms. The minimum Gasteiger partial charge on any atom is -0.372 e. The molecule has 0 saturated heterocycles. The number of anilines is 5. The molecule has 134 valence electrons. The third-order valence-electron chi connectivity index (χ3n) is 4.20. The minimum atomic E-state index is 0.568. The van der Waals surface area contributed by atoms with Crippen molar-refractivity contribution in [2.75, 3.05) is 28.6 Å². The third-order valence-corrected chi connectivity index (χ3v) is 4.20. The van der Waals surface area contributed by atoms with Gasteiger partial charge in [0.2, 0.25) is 5.95 Å². The monoisotopic (exact) mass is 347 g/mol. The van der Waals surface area contributed by atoms with Gasteiger partial charge in [-0.05, 0) is 68.8 Å². The number of nitrogens with one attached hydrogen (secondary N) is 2. The predicted molar refractivity (Wildman–Crippen MR) is 110 cm³/mol. The van der Waals surface area contributed by atoms with E-state index in [4.69, 9.17) is 0 Å². The number of aryl methyl sites for hydroxylation is 1. The van der Waals surface area contributed by atoms with Crippen LogP contribution in [0.5, 0.6) is 0 Å². The van der Waals surface area contributed by atoms with Crippen molar-refractivity contribution in [2.24, 2.45) is 0 Å². The number of rotatable bonds is 7. The fourth-order valence-corrected chi connectivity index (χ4v) is 2.83. The Kier molecular flexibility index (Phi) is 5.69. The molecule has 3 rings (SSSR count). The lowest BCUT2D eigenvalue weighted by atomic mass is 10.2. The van der Waals surface area contributed by atoms with Gasteiger partial charge in [0.1, 0.15) is 5.82 Å². The van der Waals surface area contributed by atoms with Crippen LogP contribution in [0.3, 0.4) is 0 Å². The second-order valence-corrected chi connectivity index (χ2v) is 6.10. The number of aromatic nitrogens is 2. The first-order chi connectivity index (χ1) is 12.7. The van der Waals surface area contributed by atoms with Crippen molar-refractivity contribution in [3.8, 4) is 0 Å². The van der Waals surface area contributed by atoms with Crippen LogP contribution < -0.4 is 15.5 Å². The van der Waals surface area contributed by atoms with Gasteiger partial charge in [-0.15, -0.1) is 0 Å². The van der Waals surface area contributed by atoms with Crippen LogP contribution >= 0.6 is 0 Å². The van der Waals surface area contributed by atoms with Crippen LogP contribution in [0, 0.1) is 6.92 Å². The van der Waals surface area contributed by atoms with E-state index < -0.39 is 0 Å². The summed E-state index contributed by atoms with van der Waals surface area (Å²) in [5.41, 5.74) is 4.40. The maximum atomic E-state index is 4.54. The van der Waals surface area contributed by atoms with Gasteiger partial charge in [0.15, 0.2) is 0 Å². The van der Waals surface area contributed by atoms with Gasteiger partial charge in [0.25, 0.3) is 0 Å². The molecular weight excluding hydrogens is 322 g/mol. The van der Waals surface area contributed by atoms with Crippen LogP contribution in [0.25, 0.3) is 0 Å². The van der Waals surface area contributed by atoms with E-state index in [2.05, 4.69) is 82.7 Å². The summed E-state index contributed by atoms with van der Waals surface area (Å²) in [6, 6.07) is 18.4. The Labute approximate surface area is 155 Å². The fraction of sp³-hybridized carbons (Fsp3) is 0.238. The molecule has 0 spiro atoms. The average molecular weight is 347 g/mol. The Balaban J connectivity index is 1.70. The molecule has 5 nitrogen and oxygen atoms in total. The number of hydrogen-bond acceptors (Lipinski definition) is 5. The molecule has 1 heterocycles. The molecule has 2 aromatic carbocycles. The van der Waals surface area contributed by atoms with Gasteiger partial charge >= 0.3 is 0 Å². The predicted octanol–water partition coefficient (Wildman–Crippen LogP) is 5.12. The maximum Gasteiger partial charge on any atom is 0.229 e. The van der Waals surface area contributed by atoms with Gasteiger partial charge < -0.3 is 15.5 Å². The first-order valence-electron chi connectivity index (χ1n) is 8.96. The van der Waals surface area contributed by atoms with Crippen LogP contribution in [0.2, 0.25) is 0 Å². The summed E-state index contributed by atoms with van der Waals surface area (Å²) in [6.45, 7) is 8.39. The summed E-state index contributed by atoms with van der Waals surface area (Å²) in [5, 5.41) is 6.58. The summed E-state index contributed by atoms with van der Waals surface area (Å²) in [5.74, 6) is 1.33. The van der Waals surface area contributed by atoms with Gasteiger partial charge in [-0.3, -0.25) is 0 Å². The van der Waals surface area contributed by atoms with Crippen molar-refractivity contribution in [3.63, 3.8) is 0 Å². The summed E-state index contributed by atoms with van der Waals surface area (Å²) in [7, 11) is 0. The van der Waals surface area contributed by atoms with Gasteiger partial charge in [-0.25, -0.2) is 4.98 Å². The standard InChI is InChI=1S/C21H25N5/c1-4-26(5-2)19-11-9-17(10-12-19)24-21-22-14-13-20(25-21)23-18-8-6-7-16(3)15-18/h6-15H,4-5H2,1-3H3,(H2,22,23,24,25). The van der Waals surface area contributed by atoms with E-state index in [1.165, 1.54) is 11.3 Å². The van der Waals surface area contributed by atoms with E-state index >= 15 is 0 Å². The van der Waals surface area contributed by atoms with Crippen LogP contribution in [0.15, 0.2) is 60.8 Å². The summed E-state index contributed by atoms with van der Waals surface area (Å²) >= 11 is 0. The normalized spacial score (nSPS) is 10.4. The summed E-state index contributed by atoms with van der Waals surface area (Å²) in [6.07, 6.45) is 1.75. The van der Waals surface area contributed by atoms with Crippen molar-refractivity contribution in [2.45, 2.75) is 20.8 Å². The van der Waals surface area contributed by atoms with Crippen molar-refractivity contribution >= 4 is 28.8 Å². The third kappa shape index (κ3) is 4.51. The first kappa shape index (κ1) is 17.7. The highest BCUT2D eigenvalue weighted by Crippen LogP contribution is 2.21. The van der Waals surface area contributed by atoms with E-state index in [1.54, 1.807) is 6.20 Å². The fourth-order valence-electron chi connectivity index (χ4n) is 2.83. The van der Waals surface area contributed by atoms with E-state index in [9.17, 15) is 0 Å². The molecule has 0 unspecified atom stereocenters. The highest BCUT2D eigenvalue weighted by Gasteiger charge is 2.04. The van der Waals surface area contributed by atoms with Crippen LogP contribution in [0.4, 0.5) is 28.8 Å². The molecule has 0 amide bonds. The van der Waals surface area contributed by atoms with E-state index in [1.807, 2.05) is 18.2 Å². The molecule has 0 fully saturated rings. The Hall–Kier alpha value is -3.08. The molecule has 0 aliphatic heterocycles. The van der Waals surface area contributed by atoms with Gasteiger partial charge in [-0.2, -0.15) is 4.98 Å². The van der Waals surface area contributed by atoms with Gasteiger partial charge in [0.05, 0.1) is 0 Å². The quantitative estimate of drug-likeness (QED) is 0.621. The second-order valence-electron chi connectivity index (χ2n) is 6.10. The molecule has 0 aliphatic carbocycles. The highest BCUT2D eigenvalue weighted by molar-refractivity contribution is 5.62. The van der Waals surface area contributed by atoms with Crippen molar-refractivity contribution in [3.05, 3.63) is 66.4 Å². The molecule has 0 aliphatic rings. The average Bonchev–Trinajstić information content (AvgIpc) is 2.64. The van der Waals surface area contributed by atoms with E-state index in [0.29, 0.717) is 5.95 Å². The lowest BCUT2D eigenvalue weighted by Crippen LogP contribution is -2.21. The van der Waals surface area contributed by atoms with Crippen molar-refractivity contribution in [1.82, 2.24) is 9.97 Å². The van der Waals surface area contributed by atoms with Crippen LogP contribution in [0.1, 0.15) is 19.4 Å². The Morgan fingerprint density at radius 2 is 1.65 bits per heavy atom. The first-order valence-corrected chi connectivity index (χ1v) is 8.96. The summed E-state index contributed by atoms with van der Waals surface area (Å²) < 4.78 is 0. The molecular formula is C21H25N5. The number of benzene rings is 2. The zero-order valence-corrected chi connectivity index (χ0v) is 15.5.